The van der Waals surface area contributed by atoms with E-state index in [-0.39, 0.29) is 11.7 Å². The lowest BCUT2D eigenvalue weighted by molar-refractivity contribution is 0.0917. The van der Waals surface area contributed by atoms with Crippen molar-refractivity contribution in [2.24, 2.45) is 5.92 Å². The van der Waals surface area contributed by atoms with Crippen molar-refractivity contribution in [3.05, 3.63) is 0 Å². The third-order valence-corrected chi connectivity index (χ3v) is 4.13. The van der Waals surface area contributed by atoms with E-state index in [9.17, 15) is 5.11 Å². The van der Waals surface area contributed by atoms with Crippen LogP contribution in [0.2, 0.25) is 0 Å². The summed E-state index contributed by atoms with van der Waals surface area (Å²) in [6.45, 7) is 4.26. The predicted molar refractivity (Wildman–Crippen MR) is 56.2 cm³/mol. The van der Waals surface area contributed by atoms with Gasteiger partial charge in [0.05, 0.1) is 17.8 Å². The van der Waals surface area contributed by atoms with Gasteiger partial charge < -0.3 is 9.84 Å². The number of hydrogen-bond donors (Lipinski definition) is 1. The molecule has 1 saturated heterocycles. The summed E-state index contributed by atoms with van der Waals surface area (Å²) < 4.78 is 5.51. The average molecular weight is 198 g/mol. The SMILES string of the molecule is C[C@@H]1O[C@@]1(C)CC[C@H](O)C1CCCC1. The highest BCUT2D eigenvalue weighted by Crippen LogP contribution is 2.41. The van der Waals surface area contributed by atoms with E-state index in [1.807, 2.05) is 0 Å². The standard InChI is InChI=1S/C12H22O2/c1-9-12(2,14-9)8-7-11(13)10-5-3-4-6-10/h9-11,13H,3-8H2,1-2H3/t9-,11-,12-/m0/s1. The molecule has 3 atom stereocenters. The lowest BCUT2D eigenvalue weighted by atomic mass is 9.92. The monoisotopic (exact) mass is 198 g/mol. The number of epoxide rings is 1. The zero-order valence-corrected chi connectivity index (χ0v) is 9.33. The minimum atomic E-state index is -0.0780. The molecule has 1 saturated carbocycles. The summed E-state index contributed by atoms with van der Waals surface area (Å²) in [5, 5.41) is 9.97. The van der Waals surface area contributed by atoms with Gasteiger partial charge in [-0.05, 0) is 45.4 Å². The summed E-state index contributed by atoms with van der Waals surface area (Å²) in [5.74, 6) is 0.577. The van der Waals surface area contributed by atoms with Gasteiger partial charge in [0, 0.05) is 0 Å². The Hall–Kier alpha value is -0.0800. The summed E-state index contributed by atoms with van der Waals surface area (Å²) in [4.78, 5) is 0. The second-order valence-corrected chi connectivity index (χ2v) is 5.22. The first-order valence-electron chi connectivity index (χ1n) is 5.98. The molecule has 2 fully saturated rings. The zero-order valence-electron chi connectivity index (χ0n) is 9.33. The Bertz CT molecular complexity index is 198. The summed E-state index contributed by atoms with van der Waals surface area (Å²) in [6.07, 6.45) is 7.35. The molecule has 0 unspecified atom stereocenters. The van der Waals surface area contributed by atoms with E-state index in [0.29, 0.717) is 12.0 Å². The third kappa shape index (κ3) is 2.12. The van der Waals surface area contributed by atoms with E-state index in [1.54, 1.807) is 0 Å². The Morgan fingerprint density at radius 3 is 2.50 bits per heavy atom. The van der Waals surface area contributed by atoms with Crippen LogP contribution in [0.25, 0.3) is 0 Å². The van der Waals surface area contributed by atoms with Crippen LogP contribution in [-0.4, -0.2) is 22.9 Å². The van der Waals surface area contributed by atoms with Gasteiger partial charge in [0.1, 0.15) is 0 Å². The molecule has 82 valence electrons. The number of hydrogen-bond acceptors (Lipinski definition) is 2. The summed E-state index contributed by atoms with van der Waals surface area (Å²) in [6, 6.07) is 0. The number of aliphatic hydroxyl groups is 1. The molecule has 1 aliphatic carbocycles. The molecule has 2 heteroatoms. The lowest BCUT2D eigenvalue weighted by Crippen LogP contribution is -2.20. The van der Waals surface area contributed by atoms with Gasteiger partial charge >= 0.3 is 0 Å². The van der Waals surface area contributed by atoms with Crippen LogP contribution < -0.4 is 0 Å². The van der Waals surface area contributed by atoms with Crippen LogP contribution in [0, 0.1) is 5.92 Å². The van der Waals surface area contributed by atoms with E-state index in [4.69, 9.17) is 4.74 Å². The van der Waals surface area contributed by atoms with Crippen LogP contribution in [0.15, 0.2) is 0 Å². The Morgan fingerprint density at radius 2 is 2.00 bits per heavy atom. The van der Waals surface area contributed by atoms with E-state index in [0.717, 1.165) is 12.8 Å². The van der Waals surface area contributed by atoms with Crippen molar-refractivity contribution in [2.75, 3.05) is 0 Å². The first kappa shape index (κ1) is 10.4. The van der Waals surface area contributed by atoms with Gasteiger partial charge in [-0.15, -0.1) is 0 Å². The molecule has 0 spiro atoms. The highest BCUT2D eigenvalue weighted by Gasteiger charge is 2.48. The van der Waals surface area contributed by atoms with Gasteiger partial charge in [0.15, 0.2) is 0 Å². The molecule has 0 radical (unpaired) electrons. The van der Waals surface area contributed by atoms with Crippen LogP contribution >= 0.6 is 0 Å². The number of rotatable bonds is 4. The first-order valence-corrected chi connectivity index (χ1v) is 5.98. The van der Waals surface area contributed by atoms with Crippen LogP contribution in [0.5, 0.6) is 0 Å². The van der Waals surface area contributed by atoms with E-state index < -0.39 is 0 Å². The molecular formula is C12H22O2. The fraction of sp³-hybridized carbons (Fsp3) is 1.00. The molecule has 2 rings (SSSR count). The minimum Gasteiger partial charge on any atom is -0.393 e. The van der Waals surface area contributed by atoms with Gasteiger partial charge in [-0.25, -0.2) is 0 Å². The molecular weight excluding hydrogens is 176 g/mol. The minimum absolute atomic E-state index is 0.0780. The molecule has 1 aliphatic heterocycles. The second kappa shape index (κ2) is 3.82. The maximum Gasteiger partial charge on any atom is 0.0918 e. The van der Waals surface area contributed by atoms with Crippen molar-refractivity contribution in [1.82, 2.24) is 0 Å². The molecule has 14 heavy (non-hydrogen) atoms. The number of aliphatic hydroxyl groups excluding tert-OH is 1. The summed E-state index contributed by atoms with van der Waals surface area (Å²) in [7, 11) is 0. The second-order valence-electron chi connectivity index (χ2n) is 5.22. The fourth-order valence-corrected chi connectivity index (χ4v) is 2.64. The van der Waals surface area contributed by atoms with Gasteiger partial charge in [-0.3, -0.25) is 0 Å². The maximum absolute atomic E-state index is 9.97. The summed E-state index contributed by atoms with van der Waals surface area (Å²) >= 11 is 0. The Morgan fingerprint density at radius 1 is 1.43 bits per heavy atom. The molecule has 2 aliphatic rings. The van der Waals surface area contributed by atoms with E-state index in [2.05, 4.69) is 13.8 Å². The molecule has 0 aromatic carbocycles. The van der Waals surface area contributed by atoms with Gasteiger partial charge in [-0.1, -0.05) is 12.8 Å². The van der Waals surface area contributed by atoms with Crippen molar-refractivity contribution >= 4 is 0 Å². The Balaban J connectivity index is 1.69. The molecule has 0 aromatic rings. The fourth-order valence-electron chi connectivity index (χ4n) is 2.64. The smallest absolute Gasteiger partial charge is 0.0918 e. The normalized spacial score (nSPS) is 40.1. The largest absolute Gasteiger partial charge is 0.393 e. The third-order valence-electron chi connectivity index (χ3n) is 4.13. The van der Waals surface area contributed by atoms with Crippen LogP contribution in [-0.2, 0) is 4.74 Å². The van der Waals surface area contributed by atoms with Gasteiger partial charge in [0.2, 0.25) is 0 Å². The highest BCUT2D eigenvalue weighted by molar-refractivity contribution is 4.96. The predicted octanol–water partition coefficient (Wildman–Crippen LogP) is 2.50. The maximum atomic E-state index is 9.97. The molecule has 0 amide bonds. The van der Waals surface area contributed by atoms with Crippen LogP contribution in [0.4, 0.5) is 0 Å². The number of ether oxygens (including phenoxy) is 1. The molecule has 2 nitrogen and oxygen atoms in total. The zero-order chi connectivity index (χ0) is 10.2. The van der Waals surface area contributed by atoms with E-state index in [1.165, 1.54) is 25.7 Å². The van der Waals surface area contributed by atoms with Gasteiger partial charge in [-0.2, -0.15) is 0 Å². The Kier molecular flexibility index (Phi) is 2.85. The molecule has 0 aromatic heterocycles. The Labute approximate surface area is 86.6 Å². The average Bonchev–Trinajstić information content (AvgIpc) is 2.61. The summed E-state index contributed by atoms with van der Waals surface area (Å²) in [5.41, 5.74) is 0.0829. The molecule has 0 bridgehead atoms. The van der Waals surface area contributed by atoms with Crippen molar-refractivity contribution in [1.29, 1.82) is 0 Å². The van der Waals surface area contributed by atoms with Crippen molar-refractivity contribution < 1.29 is 9.84 Å². The van der Waals surface area contributed by atoms with Crippen molar-refractivity contribution in [3.8, 4) is 0 Å². The van der Waals surface area contributed by atoms with Crippen LogP contribution in [0.1, 0.15) is 52.4 Å². The quantitative estimate of drug-likeness (QED) is 0.704. The van der Waals surface area contributed by atoms with Crippen molar-refractivity contribution in [3.63, 3.8) is 0 Å². The van der Waals surface area contributed by atoms with Gasteiger partial charge in [0.25, 0.3) is 0 Å². The van der Waals surface area contributed by atoms with Crippen LogP contribution in [0.3, 0.4) is 0 Å². The molecule has 1 heterocycles. The lowest BCUT2D eigenvalue weighted by Gasteiger charge is -2.18. The van der Waals surface area contributed by atoms with Crippen molar-refractivity contribution in [2.45, 2.75) is 70.2 Å². The molecule has 1 N–H and O–H groups in total. The first-order chi connectivity index (χ1) is 6.62. The topological polar surface area (TPSA) is 32.8 Å². The highest BCUT2D eigenvalue weighted by atomic mass is 16.6. The van der Waals surface area contributed by atoms with E-state index >= 15 is 0 Å².